The Hall–Kier alpha value is -3.34. The van der Waals surface area contributed by atoms with E-state index in [-0.39, 0.29) is 5.91 Å². The van der Waals surface area contributed by atoms with Crippen LogP contribution < -0.4 is 15.5 Å². The van der Waals surface area contributed by atoms with E-state index in [2.05, 4.69) is 53.4 Å². The fraction of sp³-hybridized carbons (Fsp3) is 0.250. The fourth-order valence-electron chi connectivity index (χ4n) is 3.18. The molecule has 2 aromatic carbocycles. The molecule has 0 bridgehead atoms. The summed E-state index contributed by atoms with van der Waals surface area (Å²) in [5.74, 6) is -0.217. The van der Waals surface area contributed by atoms with Gasteiger partial charge in [-0.15, -0.1) is 0 Å². The molecule has 2 N–H and O–H groups in total. The van der Waals surface area contributed by atoms with E-state index in [4.69, 9.17) is 0 Å². The minimum absolute atomic E-state index is 0.217. The maximum atomic E-state index is 12.5. The third kappa shape index (κ3) is 5.35. The summed E-state index contributed by atoms with van der Waals surface area (Å²) in [6.07, 6.45) is 1.69. The first-order valence-electron chi connectivity index (χ1n) is 10.0. The lowest BCUT2D eigenvalue weighted by atomic mass is 10.1. The van der Waals surface area contributed by atoms with Crippen LogP contribution in [0.3, 0.4) is 0 Å². The zero-order valence-corrected chi connectivity index (χ0v) is 17.3. The van der Waals surface area contributed by atoms with Crippen LogP contribution in [0.5, 0.6) is 0 Å². The van der Waals surface area contributed by atoms with Gasteiger partial charge in [0.05, 0.1) is 11.9 Å². The zero-order chi connectivity index (χ0) is 20.6. The average Bonchev–Trinajstić information content (AvgIpc) is 2.75. The van der Waals surface area contributed by atoms with Crippen molar-refractivity contribution in [2.45, 2.75) is 27.3 Å². The van der Waals surface area contributed by atoms with Crippen molar-refractivity contribution in [2.24, 2.45) is 0 Å². The maximum Gasteiger partial charge on any atom is 0.274 e. The molecule has 3 aromatic rings. The van der Waals surface area contributed by atoms with Gasteiger partial charge in [-0.2, -0.15) is 0 Å². The molecule has 1 aromatic heterocycles. The highest BCUT2D eigenvalue weighted by atomic mass is 16.1. The van der Waals surface area contributed by atoms with Crippen LogP contribution in [0.4, 0.5) is 17.1 Å². The Morgan fingerprint density at radius 2 is 1.62 bits per heavy atom. The van der Waals surface area contributed by atoms with E-state index in [1.54, 1.807) is 12.3 Å². The number of amides is 1. The van der Waals surface area contributed by atoms with Gasteiger partial charge < -0.3 is 15.5 Å². The summed E-state index contributed by atoms with van der Waals surface area (Å²) in [4.78, 5) is 19.0. The van der Waals surface area contributed by atoms with Crippen molar-refractivity contribution >= 4 is 23.0 Å². The predicted molar refractivity (Wildman–Crippen MR) is 121 cm³/mol. The van der Waals surface area contributed by atoms with Crippen LogP contribution in [0.15, 0.2) is 66.9 Å². The highest BCUT2D eigenvalue weighted by molar-refractivity contribution is 6.03. The van der Waals surface area contributed by atoms with E-state index in [0.29, 0.717) is 5.69 Å². The highest BCUT2D eigenvalue weighted by Crippen LogP contribution is 2.18. The molecule has 0 radical (unpaired) electrons. The molecule has 5 heteroatoms. The monoisotopic (exact) mass is 388 g/mol. The number of aryl methyl sites for hydroxylation is 1. The van der Waals surface area contributed by atoms with E-state index in [1.807, 2.05) is 42.5 Å². The standard InChI is InChI=1S/C24H28N4O/c1-4-28(5-2)22-13-10-20(11-14-22)27-24(29)23-15-12-21(17-26-23)25-16-19-9-7-6-8-18(19)3/h6-15,17,25H,4-5,16H2,1-3H3,(H,27,29). The van der Waals surface area contributed by atoms with E-state index < -0.39 is 0 Å². The molecule has 29 heavy (non-hydrogen) atoms. The molecule has 1 heterocycles. The summed E-state index contributed by atoms with van der Waals surface area (Å²) >= 11 is 0. The molecule has 0 saturated heterocycles. The second kappa shape index (κ2) is 9.73. The molecule has 0 aliphatic rings. The first-order chi connectivity index (χ1) is 14.1. The molecule has 1 amide bonds. The number of carbonyl (C=O) groups excluding carboxylic acids is 1. The summed E-state index contributed by atoms with van der Waals surface area (Å²) in [7, 11) is 0. The summed E-state index contributed by atoms with van der Waals surface area (Å²) in [5, 5.41) is 6.25. The quantitative estimate of drug-likeness (QED) is 0.564. The molecular formula is C24H28N4O. The largest absolute Gasteiger partial charge is 0.380 e. The van der Waals surface area contributed by atoms with Gasteiger partial charge in [-0.25, -0.2) is 4.98 Å². The Morgan fingerprint density at radius 1 is 0.931 bits per heavy atom. The first kappa shape index (κ1) is 20.4. The van der Waals surface area contributed by atoms with Crippen LogP contribution in [0.25, 0.3) is 0 Å². The lowest BCUT2D eigenvalue weighted by molar-refractivity contribution is 0.102. The van der Waals surface area contributed by atoms with Crippen molar-refractivity contribution in [1.29, 1.82) is 0 Å². The van der Waals surface area contributed by atoms with Crippen molar-refractivity contribution in [3.63, 3.8) is 0 Å². The van der Waals surface area contributed by atoms with Crippen LogP contribution in [0.2, 0.25) is 0 Å². The van der Waals surface area contributed by atoms with Crippen molar-refractivity contribution in [2.75, 3.05) is 28.6 Å². The summed E-state index contributed by atoms with van der Waals surface area (Å²) in [5.41, 5.74) is 5.66. The summed E-state index contributed by atoms with van der Waals surface area (Å²) < 4.78 is 0. The molecule has 0 atom stereocenters. The predicted octanol–water partition coefficient (Wildman–Crippen LogP) is 5.10. The average molecular weight is 389 g/mol. The molecular weight excluding hydrogens is 360 g/mol. The molecule has 0 aliphatic carbocycles. The molecule has 0 saturated carbocycles. The van der Waals surface area contributed by atoms with Gasteiger partial charge in [0, 0.05) is 31.0 Å². The minimum Gasteiger partial charge on any atom is -0.380 e. The lowest BCUT2D eigenvalue weighted by Crippen LogP contribution is -2.21. The molecule has 150 valence electrons. The van der Waals surface area contributed by atoms with Crippen LogP contribution in [0.1, 0.15) is 35.5 Å². The molecule has 0 aliphatic heterocycles. The maximum absolute atomic E-state index is 12.5. The Bertz CT molecular complexity index is 932. The number of hydrogen-bond donors (Lipinski definition) is 2. The van der Waals surface area contributed by atoms with Crippen LogP contribution in [-0.2, 0) is 6.54 Å². The van der Waals surface area contributed by atoms with Gasteiger partial charge in [0.2, 0.25) is 0 Å². The van der Waals surface area contributed by atoms with Crippen molar-refractivity contribution in [1.82, 2.24) is 4.98 Å². The number of pyridine rings is 1. The fourth-order valence-corrected chi connectivity index (χ4v) is 3.18. The van der Waals surface area contributed by atoms with Crippen LogP contribution in [0, 0.1) is 6.92 Å². The van der Waals surface area contributed by atoms with Gasteiger partial charge in [-0.3, -0.25) is 4.79 Å². The van der Waals surface area contributed by atoms with Crippen molar-refractivity contribution in [3.8, 4) is 0 Å². The van der Waals surface area contributed by atoms with Gasteiger partial charge in [0.15, 0.2) is 0 Å². The Morgan fingerprint density at radius 3 is 2.24 bits per heavy atom. The third-order valence-electron chi connectivity index (χ3n) is 4.99. The number of nitrogens with zero attached hydrogens (tertiary/aromatic N) is 2. The number of anilines is 3. The van der Waals surface area contributed by atoms with Crippen molar-refractivity contribution < 1.29 is 4.79 Å². The van der Waals surface area contributed by atoms with Crippen LogP contribution in [-0.4, -0.2) is 24.0 Å². The van der Waals surface area contributed by atoms with E-state index >= 15 is 0 Å². The van der Waals surface area contributed by atoms with E-state index in [9.17, 15) is 4.79 Å². The second-order valence-electron chi connectivity index (χ2n) is 6.89. The molecule has 3 rings (SSSR count). The van der Waals surface area contributed by atoms with Crippen LogP contribution >= 0.6 is 0 Å². The molecule has 5 nitrogen and oxygen atoms in total. The van der Waals surface area contributed by atoms with Gasteiger partial charge >= 0.3 is 0 Å². The summed E-state index contributed by atoms with van der Waals surface area (Å²) in [6, 6.07) is 19.8. The van der Waals surface area contributed by atoms with Gasteiger partial charge in [0.1, 0.15) is 5.69 Å². The SMILES string of the molecule is CCN(CC)c1ccc(NC(=O)c2ccc(NCc3ccccc3C)cn2)cc1. The lowest BCUT2D eigenvalue weighted by Gasteiger charge is -2.21. The number of carbonyl (C=O) groups is 1. The molecule has 0 spiro atoms. The third-order valence-corrected chi connectivity index (χ3v) is 4.99. The smallest absolute Gasteiger partial charge is 0.274 e. The molecule has 0 unspecified atom stereocenters. The Kier molecular flexibility index (Phi) is 6.85. The first-order valence-corrected chi connectivity index (χ1v) is 10.0. The van der Waals surface area contributed by atoms with E-state index in [0.717, 1.165) is 36.7 Å². The van der Waals surface area contributed by atoms with Gasteiger partial charge in [-0.1, -0.05) is 24.3 Å². The summed E-state index contributed by atoms with van der Waals surface area (Å²) in [6.45, 7) is 8.98. The highest BCUT2D eigenvalue weighted by Gasteiger charge is 2.09. The van der Waals surface area contributed by atoms with E-state index in [1.165, 1.54) is 11.1 Å². The van der Waals surface area contributed by atoms with Crippen molar-refractivity contribution in [3.05, 3.63) is 83.7 Å². The molecule has 0 fully saturated rings. The number of hydrogen-bond acceptors (Lipinski definition) is 4. The number of rotatable bonds is 8. The number of aromatic nitrogens is 1. The number of benzene rings is 2. The normalized spacial score (nSPS) is 10.4. The van der Waals surface area contributed by atoms with Gasteiger partial charge in [0.25, 0.3) is 5.91 Å². The zero-order valence-electron chi connectivity index (χ0n) is 17.3. The topological polar surface area (TPSA) is 57.3 Å². The second-order valence-corrected chi connectivity index (χ2v) is 6.89. The van der Waals surface area contributed by atoms with Gasteiger partial charge in [-0.05, 0) is 68.3 Å². The Labute approximate surface area is 172 Å². The minimum atomic E-state index is -0.217. The Balaban J connectivity index is 1.58. The number of nitrogens with one attached hydrogen (secondary N) is 2.